The van der Waals surface area contributed by atoms with E-state index in [0.29, 0.717) is 12.0 Å². The van der Waals surface area contributed by atoms with Crippen LogP contribution in [-0.2, 0) is 11.2 Å². The Morgan fingerprint density at radius 2 is 1.77 bits per heavy atom. The Bertz CT molecular complexity index is 990. The Kier molecular flexibility index (Phi) is 6.29. The third kappa shape index (κ3) is 4.18. The van der Waals surface area contributed by atoms with Gasteiger partial charge in [0.25, 0.3) is 0 Å². The molecule has 5 atom stereocenters. The molecule has 30 heavy (non-hydrogen) atoms. The summed E-state index contributed by atoms with van der Waals surface area (Å²) in [5, 5.41) is 40.9. The normalized spacial score (nSPS) is 26.6. The van der Waals surface area contributed by atoms with E-state index in [1.165, 1.54) is 0 Å². The van der Waals surface area contributed by atoms with Gasteiger partial charge in [-0.25, -0.2) is 4.98 Å². The number of aryl methyl sites for hydroxylation is 1. The number of hydrogen-bond acceptors (Lipinski definition) is 7. The van der Waals surface area contributed by atoms with Gasteiger partial charge in [0.05, 0.1) is 16.5 Å². The van der Waals surface area contributed by atoms with Crippen LogP contribution in [0.2, 0.25) is 0 Å². The van der Waals surface area contributed by atoms with Crippen molar-refractivity contribution in [2.75, 3.05) is 6.61 Å². The van der Waals surface area contributed by atoms with Gasteiger partial charge >= 0.3 is 0 Å². The molecular weight excluding hydrogens is 402 g/mol. The fourth-order valence-corrected chi connectivity index (χ4v) is 4.67. The Balaban J connectivity index is 1.57. The molecule has 1 fully saturated rings. The molecule has 1 aliphatic rings. The second kappa shape index (κ2) is 8.93. The lowest BCUT2D eigenvalue weighted by Crippen LogP contribution is -2.55. The quantitative estimate of drug-likeness (QED) is 0.498. The SMILES string of the molecule is Cc1ccc(C2OC(CO)C(O)C(O)C2O)cc1Cc1ncc(-c2ccccc2)s1. The van der Waals surface area contributed by atoms with Gasteiger partial charge in [-0.15, -0.1) is 11.3 Å². The molecule has 0 amide bonds. The molecule has 2 heterocycles. The fourth-order valence-electron chi connectivity index (χ4n) is 3.73. The van der Waals surface area contributed by atoms with Gasteiger partial charge in [-0.05, 0) is 29.2 Å². The van der Waals surface area contributed by atoms with Crippen molar-refractivity contribution < 1.29 is 25.2 Å². The van der Waals surface area contributed by atoms with Gasteiger partial charge in [-0.2, -0.15) is 0 Å². The zero-order chi connectivity index (χ0) is 21.3. The number of thiazole rings is 1. The molecule has 0 spiro atoms. The number of aliphatic hydroxyl groups is 4. The maximum atomic E-state index is 10.4. The number of hydrogen-bond donors (Lipinski definition) is 4. The summed E-state index contributed by atoms with van der Waals surface area (Å²) in [6, 6.07) is 15.8. The second-order valence-corrected chi connectivity index (χ2v) is 8.71. The van der Waals surface area contributed by atoms with Crippen LogP contribution >= 0.6 is 11.3 Å². The summed E-state index contributed by atoms with van der Waals surface area (Å²) in [5.74, 6) is 0. The summed E-state index contributed by atoms with van der Waals surface area (Å²) in [6.45, 7) is 1.57. The topological polar surface area (TPSA) is 103 Å². The summed E-state index contributed by atoms with van der Waals surface area (Å²) < 4.78 is 5.70. The number of aromatic nitrogens is 1. The molecular formula is C23H25NO5S. The van der Waals surface area contributed by atoms with Gasteiger partial charge in [0.1, 0.15) is 30.5 Å². The number of benzene rings is 2. The molecule has 0 bridgehead atoms. The van der Waals surface area contributed by atoms with Gasteiger partial charge < -0.3 is 25.2 Å². The molecule has 1 aliphatic heterocycles. The highest BCUT2D eigenvalue weighted by atomic mass is 32.1. The molecule has 0 aliphatic carbocycles. The number of rotatable bonds is 5. The smallest absolute Gasteiger partial charge is 0.113 e. The van der Waals surface area contributed by atoms with Crippen LogP contribution < -0.4 is 0 Å². The predicted molar refractivity (Wildman–Crippen MR) is 114 cm³/mol. The van der Waals surface area contributed by atoms with E-state index >= 15 is 0 Å². The third-order valence-corrected chi connectivity index (χ3v) is 6.59. The van der Waals surface area contributed by atoms with Gasteiger partial charge in [0.2, 0.25) is 0 Å². The lowest BCUT2D eigenvalue weighted by Gasteiger charge is -2.40. The Morgan fingerprint density at radius 3 is 2.50 bits per heavy atom. The molecule has 0 radical (unpaired) electrons. The van der Waals surface area contributed by atoms with E-state index < -0.39 is 37.1 Å². The molecule has 1 saturated heterocycles. The maximum absolute atomic E-state index is 10.4. The molecule has 4 rings (SSSR count). The molecule has 1 aromatic heterocycles. The van der Waals surface area contributed by atoms with Crippen molar-refractivity contribution >= 4 is 11.3 Å². The first-order valence-corrected chi connectivity index (χ1v) is 10.7. The zero-order valence-electron chi connectivity index (χ0n) is 16.5. The molecule has 158 valence electrons. The van der Waals surface area contributed by atoms with Gasteiger partial charge in [-0.3, -0.25) is 0 Å². The van der Waals surface area contributed by atoms with Crippen molar-refractivity contribution in [3.05, 3.63) is 76.4 Å². The van der Waals surface area contributed by atoms with E-state index in [4.69, 9.17) is 4.74 Å². The summed E-state index contributed by atoms with van der Waals surface area (Å²) in [5.41, 5.74) is 3.94. The average molecular weight is 428 g/mol. The second-order valence-electron chi connectivity index (χ2n) is 7.60. The third-order valence-electron chi connectivity index (χ3n) is 5.55. The van der Waals surface area contributed by atoms with Crippen molar-refractivity contribution in [3.8, 4) is 10.4 Å². The lowest BCUT2D eigenvalue weighted by atomic mass is 9.89. The van der Waals surface area contributed by atoms with Crippen molar-refractivity contribution in [2.24, 2.45) is 0 Å². The fraction of sp³-hybridized carbons (Fsp3) is 0.348. The molecule has 4 N–H and O–H groups in total. The van der Waals surface area contributed by atoms with Crippen LogP contribution in [-0.4, -0.2) is 56.4 Å². The highest BCUT2D eigenvalue weighted by Crippen LogP contribution is 2.34. The molecule has 0 saturated carbocycles. The van der Waals surface area contributed by atoms with Gasteiger partial charge in [0.15, 0.2) is 0 Å². The van der Waals surface area contributed by atoms with Crippen molar-refractivity contribution in [2.45, 2.75) is 43.9 Å². The van der Waals surface area contributed by atoms with Crippen LogP contribution in [0.15, 0.2) is 54.7 Å². The standard InChI is InChI=1S/C23H25NO5S/c1-13-7-8-15(23-22(28)21(27)20(26)17(12-25)29-23)9-16(13)10-19-24-11-18(30-19)14-5-3-2-4-6-14/h2-9,11,17,20-23,25-28H,10,12H2,1H3. The van der Waals surface area contributed by atoms with E-state index in [0.717, 1.165) is 26.6 Å². The summed E-state index contributed by atoms with van der Waals surface area (Å²) in [6.07, 6.45) is -3.29. The van der Waals surface area contributed by atoms with Crippen LogP contribution in [0.4, 0.5) is 0 Å². The molecule has 2 aromatic carbocycles. The largest absolute Gasteiger partial charge is 0.394 e. The minimum atomic E-state index is -1.39. The average Bonchev–Trinajstić information content (AvgIpc) is 3.23. The summed E-state index contributed by atoms with van der Waals surface area (Å²) in [7, 11) is 0. The van der Waals surface area contributed by atoms with Crippen LogP contribution in [0.1, 0.15) is 27.8 Å². The Labute approximate surface area is 179 Å². The van der Waals surface area contributed by atoms with Crippen LogP contribution in [0.25, 0.3) is 10.4 Å². The minimum absolute atomic E-state index is 0.443. The summed E-state index contributed by atoms with van der Waals surface area (Å²) >= 11 is 1.64. The van der Waals surface area contributed by atoms with E-state index in [1.54, 1.807) is 11.3 Å². The maximum Gasteiger partial charge on any atom is 0.113 e. The Morgan fingerprint density at radius 1 is 1.00 bits per heavy atom. The molecule has 7 heteroatoms. The number of aliphatic hydroxyl groups excluding tert-OH is 4. The highest BCUT2D eigenvalue weighted by Gasteiger charge is 2.43. The van der Waals surface area contributed by atoms with Crippen molar-refractivity contribution in [1.82, 2.24) is 4.98 Å². The van der Waals surface area contributed by atoms with Crippen molar-refractivity contribution in [1.29, 1.82) is 0 Å². The molecule has 5 unspecified atom stereocenters. The van der Waals surface area contributed by atoms with E-state index in [-0.39, 0.29) is 0 Å². The van der Waals surface area contributed by atoms with E-state index in [9.17, 15) is 20.4 Å². The molecule has 6 nitrogen and oxygen atoms in total. The zero-order valence-corrected chi connectivity index (χ0v) is 17.4. The monoisotopic (exact) mass is 427 g/mol. The summed E-state index contributed by atoms with van der Waals surface area (Å²) in [4.78, 5) is 5.67. The molecule has 3 aromatic rings. The van der Waals surface area contributed by atoms with Gasteiger partial charge in [0, 0.05) is 12.6 Å². The predicted octanol–water partition coefficient (Wildman–Crippen LogP) is 2.22. The number of ether oxygens (including phenoxy) is 1. The van der Waals surface area contributed by atoms with E-state index in [1.807, 2.05) is 49.5 Å². The van der Waals surface area contributed by atoms with Gasteiger partial charge in [-0.1, -0.05) is 48.5 Å². The number of nitrogens with zero attached hydrogens (tertiary/aromatic N) is 1. The van der Waals surface area contributed by atoms with Crippen molar-refractivity contribution in [3.63, 3.8) is 0 Å². The highest BCUT2D eigenvalue weighted by molar-refractivity contribution is 7.15. The first-order chi connectivity index (χ1) is 14.5. The first kappa shape index (κ1) is 21.1. The first-order valence-electron chi connectivity index (χ1n) is 9.88. The Hall–Kier alpha value is -2.13. The minimum Gasteiger partial charge on any atom is -0.394 e. The van der Waals surface area contributed by atoms with Crippen LogP contribution in [0.5, 0.6) is 0 Å². The van der Waals surface area contributed by atoms with Crippen LogP contribution in [0, 0.1) is 6.92 Å². The van der Waals surface area contributed by atoms with E-state index in [2.05, 4.69) is 17.1 Å². The van der Waals surface area contributed by atoms with Crippen LogP contribution in [0.3, 0.4) is 0 Å². The lowest BCUT2D eigenvalue weighted by molar-refractivity contribution is -0.231.